The molecule has 1 saturated carbocycles. The lowest BCUT2D eigenvalue weighted by atomic mass is 9.94. The fourth-order valence-corrected chi connectivity index (χ4v) is 2.65. The van der Waals surface area contributed by atoms with Gasteiger partial charge >= 0.3 is 0 Å². The van der Waals surface area contributed by atoms with Gasteiger partial charge in [0.1, 0.15) is 0 Å². The van der Waals surface area contributed by atoms with Crippen LogP contribution in [0.1, 0.15) is 48.0 Å². The van der Waals surface area contributed by atoms with Gasteiger partial charge in [-0.2, -0.15) is 0 Å². The van der Waals surface area contributed by atoms with Crippen molar-refractivity contribution in [3.63, 3.8) is 0 Å². The molecule has 2 rings (SSSR count). The first kappa shape index (κ1) is 14.5. The molecule has 0 aromatic carbocycles. The highest BCUT2D eigenvalue weighted by Gasteiger charge is 2.24. The number of pyridine rings is 1. The van der Waals surface area contributed by atoms with Gasteiger partial charge in [0, 0.05) is 25.5 Å². The number of aromatic nitrogens is 1. The summed E-state index contributed by atoms with van der Waals surface area (Å²) in [5.41, 5.74) is 6.67. The van der Waals surface area contributed by atoms with Crippen molar-refractivity contribution in [3.8, 4) is 11.8 Å². The summed E-state index contributed by atoms with van der Waals surface area (Å²) >= 11 is 0. The van der Waals surface area contributed by atoms with Crippen LogP contribution in [0.25, 0.3) is 0 Å². The Morgan fingerprint density at radius 2 is 2.20 bits per heavy atom. The molecular weight excluding hydrogens is 250 g/mol. The largest absolute Gasteiger partial charge is 0.339 e. The van der Waals surface area contributed by atoms with Crippen molar-refractivity contribution in [2.75, 3.05) is 13.6 Å². The third kappa shape index (κ3) is 3.37. The molecule has 0 saturated heterocycles. The van der Waals surface area contributed by atoms with Crippen molar-refractivity contribution in [1.82, 2.24) is 9.88 Å². The number of nitrogens with two attached hydrogens (primary N) is 1. The van der Waals surface area contributed by atoms with Crippen LogP contribution in [0.3, 0.4) is 0 Å². The van der Waals surface area contributed by atoms with E-state index in [0.29, 0.717) is 17.2 Å². The van der Waals surface area contributed by atoms with Crippen molar-refractivity contribution in [1.29, 1.82) is 0 Å². The van der Waals surface area contributed by atoms with Crippen LogP contribution in [0.5, 0.6) is 0 Å². The monoisotopic (exact) mass is 271 g/mol. The van der Waals surface area contributed by atoms with E-state index in [0.717, 1.165) is 12.8 Å². The maximum atomic E-state index is 12.6. The summed E-state index contributed by atoms with van der Waals surface area (Å²) in [6.45, 7) is 0.279. The van der Waals surface area contributed by atoms with Crippen molar-refractivity contribution < 1.29 is 4.79 Å². The van der Waals surface area contributed by atoms with E-state index in [4.69, 9.17) is 5.73 Å². The van der Waals surface area contributed by atoms with Crippen molar-refractivity contribution in [2.45, 2.75) is 38.1 Å². The van der Waals surface area contributed by atoms with Crippen molar-refractivity contribution in [3.05, 3.63) is 29.6 Å². The minimum atomic E-state index is 0.0284. The van der Waals surface area contributed by atoms with Gasteiger partial charge in [-0.15, -0.1) is 0 Å². The number of nitrogens with zero attached hydrogens (tertiary/aromatic N) is 2. The second-order valence-electron chi connectivity index (χ2n) is 5.14. The second kappa shape index (κ2) is 7.06. The van der Waals surface area contributed by atoms with Gasteiger partial charge in [-0.25, -0.2) is 0 Å². The molecule has 1 aliphatic rings. The molecule has 0 radical (unpaired) electrons. The first-order valence-corrected chi connectivity index (χ1v) is 7.14. The molecule has 4 heteroatoms. The Balaban J connectivity index is 2.19. The summed E-state index contributed by atoms with van der Waals surface area (Å²) in [6.07, 6.45) is 9.15. The second-order valence-corrected chi connectivity index (χ2v) is 5.14. The molecule has 4 nitrogen and oxygen atoms in total. The lowest BCUT2D eigenvalue weighted by Crippen LogP contribution is -2.38. The molecule has 1 aromatic heterocycles. The van der Waals surface area contributed by atoms with Crippen LogP contribution in [-0.2, 0) is 0 Å². The number of carbonyl (C=O) groups excluding carboxylic acids is 1. The summed E-state index contributed by atoms with van der Waals surface area (Å²) in [5, 5.41) is 0. The molecule has 0 unspecified atom stereocenters. The van der Waals surface area contributed by atoms with E-state index in [1.807, 2.05) is 11.9 Å². The summed E-state index contributed by atoms with van der Waals surface area (Å²) in [7, 11) is 1.89. The van der Waals surface area contributed by atoms with Crippen LogP contribution >= 0.6 is 0 Å². The van der Waals surface area contributed by atoms with E-state index in [1.54, 1.807) is 18.5 Å². The Kier molecular flexibility index (Phi) is 5.14. The molecule has 0 aliphatic heterocycles. The fraction of sp³-hybridized carbons (Fsp3) is 0.500. The summed E-state index contributed by atoms with van der Waals surface area (Å²) in [6, 6.07) is 2.09. The maximum Gasteiger partial charge on any atom is 0.255 e. The number of carbonyl (C=O) groups is 1. The summed E-state index contributed by atoms with van der Waals surface area (Å²) in [4.78, 5) is 18.5. The van der Waals surface area contributed by atoms with Crippen LogP contribution < -0.4 is 5.73 Å². The van der Waals surface area contributed by atoms with Gasteiger partial charge in [0.15, 0.2) is 0 Å². The van der Waals surface area contributed by atoms with Gasteiger partial charge in [0.05, 0.1) is 17.7 Å². The van der Waals surface area contributed by atoms with E-state index in [9.17, 15) is 4.79 Å². The Bertz CT molecular complexity index is 524. The van der Waals surface area contributed by atoms with Gasteiger partial charge < -0.3 is 10.6 Å². The highest BCUT2D eigenvalue weighted by molar-refractivity contribution is 5.96. The van der Waals surface area contributed by atoms with Gasteiger partial charge in [-0.3, -0.25) is 9.78 Å². The van der Waals surface area contributed by atoms with Gasteiger partial charge in [-0.05, 0) is 18.9 Å². The Morgan fingerprint density at radius 3 is 2.90 bits per heavy atom. The number of hydrogen-bond donors (Lipinski definition) is 1. The predicted octanol–water partition coefficient (Wildman–Crippen LogP) is 1.80. The minimum absolute atomic E-state index is 0.0284. The first-order valence-electron chi connectivity index (χ1n) is 7.14. The summed E-state index contributed by atoms with van der Waals surface area (Å²) < 4.78 is 0. The molecule has 106 valence electrons. The third-order valence-electron chi connectivity index (χ3n) is 3.82. The zero-order valence-corrected chi connectivity index (χ0v) is 11.9. The maximum absolute atomic E-state index is 12.6. The number of amides is 1. The zero-order chi connectivity index (χ0) is 14.4. The Labute approximate surface area is 120 Å². The number of hydrogen-bond acceptors (Lipinski definition) is 3. The van der Waals surface area contributed by atoms with Crippen LogP contribution in [0, 0.1) is 11.8 Å². The van der Waals surface area contributed by atoms with E-state index in [2.05, 4.69) is 16.8 Å². The third-order valence-corrected chi connectivity index (χ3v) is 3.82. The Hall–Kier alpha value is -1.86. The van der Waals surface area contributed by atoms with Crippen molar-refractivity contribution in [2.24, 2.45) is 5.73 Å². The lowest BCUT2D eigenvalue weighted by molar-refractivity contribution is 0.0696. The fourth-order valence-electron chi connectivity index (χ4n) is 2.65. The SMILES string of the molecule is CN(C(=O)c1ccncc1C#CCN)C1CCCCC1. The smallest absolute Gasteiger partial charge is 0.255 e. The first-order chi connectivity index (χ1) is 9.74. The summed E-state index contributed by atoms with van der Waals surface area (Å²) in [5.74, 6) is 5.74. The van der Waals surface area contributed by atoms with E-state index < -0.39 is 0 Å². The van der Waals surface area contributed by atoms with Gasteiger partial charge in [0.2, 0.25) is 0 Å². The molecule has 2 N–H and O–H groups in total. The van der Waals surface area contributed by atoms with E-state index in [1.165, 1.54) is 19.3 Å². The molecule has 20 heavy (non-hydrogen) atoms. The zero-order valence-electron chi connectivity index (χ0n) is 11.9. The predicted molar refractivity (Wildman–Crippen MR) is 79.1 cm³/mol. The molecule has 1 amide bonds. The minimum Gasteiger partial charge on any atom is -0.339 e. The Morgan fingerprint density at radius 1 is 1.45 bits per heavy atom. The average Bonchev–Trinajstić information content (AvgIpc) is 2.52. The number of rotatable bonds is 2. The quantitative estimate of drug-likeness (QED) is 0.834. The van der Waals surface area contributed by atoms with Crippen LogP contribution in [0.4, 0.5) is 0 Å². The average molecular weight is 271 g/mol. The van der Waals surface area contributed by atoms with Crippen LogP contribution in [-0.4, -0.2) is 35.4 Å². The van der Waals surface area contributed by atoms with Gasteiger partial charge in [-0.1, -0.05) is 31.1 Å². The van der Waals surface area contributed by atoms with E-state index >= 15 is 0 Å². The normalized spacial score (nSPS) is 15.3. The molecule has 1 heterocycles. The van der Waals surface area contributed by atoms with Crippen molar-refractivity contribution >= 4 is 5.91 Å². The molecular formula is C16H21N3O. The molecule has 0 bridgehead atoms. The standard InChI is InChI=1S/C16H21N3O/c1-19(14-7-3-2-4-8-14)16(20)15-9-11-18-12-13(15)6-5-10-17/h9,11-12,14H,2-4,7-8,10,17H2,1H3. The molecule has 0 atom stereocenters. The highest BCUT2D eigenvalue weighted by Crippen LogP contribution is 2.23. The molecule has 1 aliphatic carbocycles. The molecule has 1 fully saturated rings. The molecule has 0 spiro atoms. The van der Waals surface area contributed by atoms with Crippen LogP contribution in [0.2, 0.25) is 0 Å². The molecule has 1 aromatic rings. The lowest BCUT2D eigenvalue weighted by Gasteiger charge is -2.31. The highest BCUT2D eigenvalue weighted by atomic mass is 16.2. The van der Waals surface area contributed by atoms with Crippen LogP contribution in [0.15, 0.2) is 18.5 Å². The topological polar surface area (TPSA) is 59.2 Å². The van der Waals surface area contributed by atoms with E-state index in [-0.39, 0.29) is 12.5 Å². The van der Waals surface area contributed by atoms with Gasteiger partial charge in [0.25, 0.3) is 5.91 Å².